The number of imidazole rings is 1. The van der Waals surface area contributed by atoms with E-state index in [1.54, 1.807) is 23.5 Å². The molecule has 3 aromatic carbocycles. The summed E-state index contributed by atoms with van der Waals surface area (Å²) in [5, 5.41) is 0. The predicted octanol–water partition coefficient (Wildman–Crippen LogP) is 5.68. The number of aromatic amines is 1. The average Bonchev–Trinajstić information content (AvgIpc) is 3.36. The highest BCUT2D eigenvalue weighted by Crippen LogP contribution is 2.32. The number of H-pyrrole nitrogens is 1. The van der Waals surface area contributed by atoms with Gasteiger partial charge >= 0.3 is 6.43 Å². The van der Waals surface area contributed by atoms with E-state index in [9.17, 15) is 18.0 Å². The summed E-state index contributed by atoms with van der Waals surface area (Å²) in [6, 6.07) is 21.9. The van der Waals surface area contributed by atoms with Gasteiger partial charge in [0, 0.05) is 37.1 Å². The number of nitrogens with zero attached hydrogens (tertiary/aromatic N) is 3. The molecular formula is C28H25F3N4O2. The molecule has 190 valence electrons. The maximum absolute atomic E-state index is 13.5. The SMILES string of the molecule is O=C(c1cccc(OC(F)C(F)F)c1)N1CCN(Cc2cnc[nH]2)c2ccc(-c3ccccc3)cc2C1. The van der Waals surface area contributed by atoms with E-state index in [1.807, 2.05) is 30.3 Å². The van der Waals surface area contributed by atoms with E-state index in [2.05, 4.69) is 37.8 Å². The topological polar surface area (TPSA) is 61.5 Å². The van der Waals surface area contributed by atoms with Crippen molar-refractivity contribution in [3.8, 4) is 16.9 Å². The van der Waals surface area contributed by atoms with Gasteiger partial charge in [-0.3, -0.25) is 4.79 Å². The first kappa shape index (κ1) is 24.4. The van der Waals surface area contributed by atoms with Crippen LogP contribution < -0.4 is 9.64 Å². The number of fused-ring (bicyclic) bond motifs is 1. The maximum atomic E-state index is 13.5. The first-order chi connectivity index (χ1) is 18.0. The Bertz CT molecular complexity index is 1350. The fourth-order valence-electron chi connectivity index (χ4n) is 4.46. The third-order valence-corrected chi connectivity index (χ3v) is 6.26. The second kappa shape index (κ2) is 10.8. The Morgan fingerprint density at radius 3 is 2.57 bits per heavy atom. The van der Waals surface area contributed by atoms with Gasteiger partial charge in [-0.05, 0) is 47.0 Å². The Balaban J connectivity index is 1.45. The van der Waals surface area contributed by atoms with Crippen molar-refractivity contribution in [1.29, 1.82) is 0 Å². The molecule has 4 aromatic rings. The van der Waals surface area contributed by atoms with Crippen LogP contribution in [-0.4, -0.2) is 46.6 Å². The number of carbonyl (C=O) groups excluding carboxylic acids is 1. The van der Waals surface area contributed by atoms with Crippen LogP contribution in [-0.2, 0) is 13.1 Å². The summed E-state index contributed by atoms with van der Waals surface area (Å²) in [6.07, 6.45) is -2.63. The quantitative estimate of drug-likeness (QED) is 0.351. The zero-order valence-electron chi connectivity index (χ0n) is 19.9. The van der Waals surface area contributed by atoms with E-state index in [4.69, 9.17) is 0 Å². The number of amides is 1. The van der Waals surface area contributed by atoms with Crippen molar-refractivity contribution < 1.29 is 22.7 Å². The molecule has 0 spiro atoms. The number of nitrogens with one attached hydrogen (secondary N) is 1. The summed E-state index contributed by atoms with van der Waals surface area (Å²) < 4.78 is 43.3. The van der Waals surface area contributed by atoms with E-state index >= 15 is 0 Å². The molecule has 0 saturated heterocycles. The van der Waals surface area contributed by atoms with E-state index in [-0.39, 0.29) is 17.2 Å². The fourth-order valence-corrected chi connectivity index (χ4v) is 4.46. The summed E-state index contributed by atoms with van der Waals surface area (Å²) in [6.45, 7) is 1.93. The molecule has 0 radical (unpaired) electrons. The molecule has 1 N–H and O–H groups in total. The lowest BCUT2D eigenvalue weighted by molar-refractivity contribution is -0.0669. The van der Waals surface area contributed by atoms with Gasteiger partial charge in [-0.15, -0.1) is 0 Å². The van der Waals surface area contributed by atoms with Crippen LogP contribution in [0.1, 0.15) is 21.6 Å². The highest BCUT2D eigenvalue weighted by molar-refractivity contribution is 5.95. The number of hydrogen-bond donors (Lipinski definition) is 1. The van der Waals surface area contributed by atoms with Crippen molar-refractivity contribution in [2.45, 2.75) is 25.9 Å². The summed E-state index contributed by atoms with van der Waals surface area (Å²) in [7, 11) is 0. The van der Waals surface area contributed by atoms with Crippen molar-refractivity contribution in [3.63, 3.8) is 0 Å². The lowest BCUT2D eigenvalue weighted by Gasteiger charge is -2.24. The first-order valence-corrected chi connectivity index (χ1v) is 11.9. The molecule has 1 aromatic heterocycles. The molecule has 5 rings (SSSR count). The van der Waals surface area contributed by atoms with Crippen LogP contribution in [0.2, 0.25) is 0 Å². The van der Waals surface area contributed by atoms with Crippen LogP contribution >= 0.6 is 0 Å². The lowest BCUT2D eigenvalue weighted by atomic mass is 10.0. The zero-order chi connectivity index (χ0) is 25.8. The monoisotopic (exact) mass is 506 g/mol. The molecule has 1 amide bonds. The zero-order valence-corrected chi connectivity index (χ0v) is 19.9. The van der Waals surface area contributed by atoms with Crippen LogP contribution in [0.4, 0.5) is 18.9 Å². The Kier molecular flexibility index (Phi) is 7.11. The highest BCUT2D eigenvalue weighted by Gasteiger charge is 2.26. The van der Waals surface area contributed by atoms with Gasteiger partial charge in [-0.2, -0.15) is 4.39 Å². The molecule has 0 bridgehead atoms. The van der Waals surface area contributed by atoms with Gasteiger partial charge in [0.25, 0.3) is 12.3 Å². The minimum absolute atomic E-state index is 0.124. The van der Waals surface area contributed by atoms with Crippen LogP contribution in [0.5, 0.6) is 5.75 Å². The molecule has 0 fully saturated rings. The normalized spacial score (nSPS) is 14.3. The Labute approximate surface area is 212 Å². The molecular weight excluding hydrogens is 481 g/mol. The van der Waals surface area contributed by atoms with Gasteiger partial charge in [0.05, 0.1) is 18.6 Å². The van der Waals surface area contributed by atoms with Crippen LogP contribution in [0, 0.1) is 0 Å². The summed E-state index contributed by atoms with van der Waals surface area (Å²) in [4.78, 5) is 24.7. The lowest BCUT2D eigenvalue weighted by Crippen LogP contribution is -2.35. The molecule has 0 aliphatic carbocycles. The van der Waals surface area contributed by atoms with Crippen molar-refractivity contribution in [3.05, 3.63) is 102 Å². The smallest absolute Gasteiger partial charge is 0.304 e. The van der Waals surface area contributed by atoms with E-state index in [1.165, 1.54) is 18.2 Å². The number of rotatable bonds is 7. The molecule has 1 aliphatic rings. The second-order valence-electron chi connectivity index (χ2n) is 8.77. The number of hydrogen-bond acceptors (Lipinski definition) is 4. The average molecular weight is 507 g/mol. The first-order valence-electron chi connectivity index (χ1n) is 11.9. The van der Waals surface area contributed by atoms with Crippen molar-refractivity contribution in [2.75, 3.05) is 18.0 Å². The predicted molar refractivity (Wildman–Crippen MR) is 134 cm³/mol. The van der Waals surface area contributed by atoms with Crippen LogP contribution in [0.3, 0.4) is 0 Å². The fraction of sp³-hybridized carbons (Fsp3) is 0.214. The number of aromatic nitrogens is 2. The van der Waals surface area contributed by atoms with Gasteiger partial charge in [0.1, 0.15) is 5.75 Å². The Morgan fingerprint density at radius 1 is 0.973 bits per heavy atom. The van der Waals surface area contributed by atoms with Crippen molar-refractivity contribution in [2.24, 2.45) is 0 Å². The standard InChI is InChI=1S/C28H25F3N4O2/c29-26(30)27(31)37-24-8-4-7-21(14-24)28(36)35-12-11-34(17-23-15-32-18-33-23)25-10-9-20(13-22(25)16-35)19-5-2-1-3-6-19/h1-10,13-15,18,26-27H,11-12,16-17H2,(H,32,33). The Morgan fingerprint density at radius 2 is 1.81 bits per heavy atom. The number of ether oxygens (including phenoxy) is 1. The maximum Gasteiger partial charge on any atom is 0.304 e. The van der Waals surface area contributed by atoms with Crippen LogP contribution in [0.25, 0.3) is 11.1 Å². The molecule has 1 atom stereocenters. The molecule has 6 nitrogen and oxygen atoms in total. The molecule has 2 heterocycles. The van der Waals surface area contributed by atoms with Crippen molar-refractivity contribution >= 4 is 11.6 Å². The van der Waals surface area contributed by atoms with E-state index in [0.717, 1.165) is 28.1 Å². The third-order valence-electron chi connectivity index (χ3n) is 6.26. The Hall–Kier alpha value is -4.27. The number of anilines is 1. The van der Waals surface area contributed by atoms with Gasteiger partial charge in [0.15, 0.2) is 0 Å². The van der Waals surface area contributed by atoms with Gasteiger partial charge in [0.2, 0.25) is 0 Å². The molecule has 9 heteroatoms. The van der Waals surface area contributed by atoms with E-state index < -0.39 is 12.8 Å². The minimum Gasteiger partial charge on any atom is -0.454 e. The highest BCUT2D eigenvalue weighted by atomic mass is 19.3. The number of benzene rings is 3. The molecule has 37 heavy (non-hydrogen) atoms. The van der Waals surface area contributed by atoms with Crippen molar-refractivity contribution in [1.82, 2.24) is 14.9 Å². The van der Waals surface area contributed by atoms with Gasteiger partial charge < -0.3 is 19.5 Å². The molecule has 1 unspecified atom stereocenters. The van der Waals surface area contributed by atoms with E-state index in [0.29, 0.717) is 26.2 Å². The summed E-state index contributed by atoms with van der Waals surface area (Å²) >= 11 is 0. The van der Waals surface area contributed by atoms with Crippen LogP contribution in [0.15, 0.2) is 85.3 Å². The number of carbonyl (C=O) groups is 1. The summed E-state index contributed by atoms with van der Waals surface area (Å²) in [5.41, 5.74) is 5.27. The number of alkyl halides is 3. The largest absolute Gasteiger partial charge is 0.454 e. The summed E-state index contributed by atoms with van der Waals surface area (Å²) in [5.74, 6) is -0.418. The second-order valence-corrected chi connectivity index (χ2v) is 8.77. The van der Waals surface area contributed by atoms with Gasteiger partial charge in [-0.25, -0.2) is 13.8 Å². The number of halogens is 3. The third kappa shape index (κ3) is 5.61. The van der Waals surface area contributed by atoms with Gasteiger partial charge in [-0.1, -0.05) is 42.5 Å². The molecule has 0 saturated carbocycles. The minimum atomic E-state index is -3.28. The molecule has 1 aliphatic heterocycles.